The van der Waals surface area contributed by atoms with E-state index in [1.165, 1.54) is 0 Å². The van der Waals surface area contributed by atoms with E-state index in [1.54, 1.807) is 17.2 Å². The van der Waals surface area contributed by atoms with E-state index in [4.69, 9.17) is 0 Å². The summed E-state index contributed by atoms with van der Waals surface area (Å²) in [6.45, 7) is 10.4. The van der Waals surface area contributed by atoms with Gasteiger partial charge in [-0.05, 0) is 62.1 Å². The molecule has 0 radical (unpaired) electrons. The first-order valence-electron chi connectivity index (χ1n) is 8.69. The van der Waals surface area contributed by atoms with Crippen LogP contribution in [0.15, 0.2) is 24.4 Å². The van der Waals surface area contributed by atoms with Gasteiger partial charge in [-0.2, -0.15) is 0 Å². The van der Waals surface area contributed by atoms with Crippen LogP contribution < -0.4 is 0 Å². The third-order valence-corrected chi connectivity index (χ3v) is 5.26. The fourth-order valence-electron chi connectivity index (χ4n) is 3.44. The van der Waals surface area contributed by atoms with Gasteiger partial charge >= 0.3 is 0 Å². The molecule has 0 bridgehead atoms. The lowest BCUT2D eigenvalue weighted by atomic mass is 9.93. The number of amides is 2. The molecule has 2 aromatic rings. The number of H-pyrrole nitrogens is 1. The first-order valence-corrected chi connectivity index (χ1v) is 8.69. The van der Waals surface area contributed by atoms with Gasteiger partial charge in [0.15, 0.2) is 0 Å². The molecule has 2 heterocycles. The van der Waals surface area contributed by atoms with E-state index in [0.29, 0.717) is 31.9 Å². The summed E-state index contributed by atoms with van der Waals surface area (Å²) in [5.74, 6) is 0.0737. The van der Waals surface area contributed by atoms with Gasteiger partial charge in [-0.15, -0.1) is 0 Å². The maximum Gasteiger partial charge on any atom is 0.270 e. The molecule has 132 valence electrons. The van der Waals surface area contributed by atoms with Crippen LogP contribution in [0, 0.1) is 27.7 Å². The second kappa shape index (κ2) is 6.75. The number of rotatable bonds is 2. The van der Waals surface area contributed by atoms with Crippen molar-refractivity contribution in [3.63, 3.8) is 0 Å². The topological polar surface area (TPSA) is 56.4 Å². The Labute approximate surface area is 148 Å². The van der Waals surface area contributed by atoms with Crippen LogP contribution in [0.3, 0.4) is 0 Å². The summed E-state index contributed by atoms with van der Waals surface area (Å²) in [6.07, 6.45) is 1.75. The number of benzene rings is 1. The molecule has 1 aliphatic heterocycles. The van der Waals surface area contributed by atoms with Crippen molar-refractivity contribution in [2.45, 2.75) is 27.7 Å². The van der Waals surface area contributed by atoms with Crippen molar-refractivity contribution in [2.24, 2.45) is 0 Å². The molecule has 1 saturated heterocycles. The summed E-state index contributed by atoms with van der Waals surface area (Å²) in [5.41, 5.74) is 5.82. The van der Waals surface area contributed by atoms with E-state index in [2.05, 4.69) is 11.1 Å². The highest BCUT2D eigenvalue weighted by molar-refractivity contribution is 5.98. The van der Waals surface area contributed by atoms with Crippen LogP contribution in [0.1, 0.15) is 43.1 Å². The zero-order chi connectivity index (χ0) is 18.1. The summed E-state index contributed by atoms with van der Waals surface area (Å²) in [5, 5.41) is 0. The molecular formula is C20H25N3O2. The molecule has 1 fully saturated rings. The highest BCUT2D eigenvalue weighted by Crippen LogP contribution is 2.23. The van der Waals surface area contributed by atoms with Gasteiger partial charge < -0.3 is 14.8 Å². The highest BCUT2D eigenvalue weighted by atomic mass is 16.2. The molecule has 3 rings (SSSR count). The minimum absolute atomic E-state index is 0.00383. The predicted molar refractivity (Wildman–Crippen MR) is 98.0 cm³/mol. The molecule has 2 amide bonds. The first kappa shape index (κ1) is 17.3. The van der Waals surface area contributed by atoms with E-state index < -0.39 is 0 Å². The summed E-state index contributed by atoms with van der Waals surface area (Å²) in [7, 11) is 0. The highest BCUT2D eigenvalue weighted by Gasteiger charge is 2.27. The maximum atomic E-state index is 13.1. The van der Waals surface area contributed by atoms with Crippen molar-refractivity contribution in [2.75, 3.05) is 26.2 Å². The van der Waals surface area contributed by atoms with Crippen LogP contribution in [0.5, 0.6) is 0 Å². The minimum atomic E-state index is -0.00383. The van der Waals surface area contributed by atoms with Crippen molar-refractivity contribution >= 4 is 11.8 Å². The van der Waals surface area contributed by atoms with Gasteiger partial charge in [0.2, 0.25) is 0 Å². The van der Waals surface area contributed by atoms with Gasteiger partial charge in [0, 0.05) is 37.9 Å². The van der Waals surface area contributed by atoms with Gasteiger partial charge in [0.05, 0.1) is 0 Å². The smallest absolute Gasteiger partial charge is 0.270 e. The number of carbonyl (C=O) groups is 2. The standard InChI is InChI=1S/C20H25N3O2/c1-13-12-14(2)16(4)18(15(13)3)20(25)23-10-8-22(9-11-23)19(24)17-6-5-7-21-17/h5-7,12,21H,8-11H2,1-4H3. The number of aromatic amines is 1. The monoisotopic (exact) mass is 339 g/mol. The van der Waals surface area contributed by atoms with Crippen molar-refractivity contribution in [3.8, 4) is 0 Å². The van der Waals surface area contributed by atoms with Crippen molar-refractivity contribution in [3.05, 3.63) is 57.9 Å². The summed E-state index contributed by atoms with van der Waals surface area (Å²) >= 11 is 0. The van der Waals surface area contributed by atoms with Gasteiger partial charge in [-0.3, -0.25) is 9.59 Å². The molecule has 5 heteroatoms. The van der Waals surface area contributed by atoms with E-state index in [0.717, 1.165) is 27.8 Å². The third-order valence-electron chi connectivity index (χ3n) is 5.26. The van der Waals surface area contributed by atoms with Gasteiger partial charge in [0.1, 0.15) is 5.69 Å². The zero-order valence-electron chi connectivity index (χ0n) is 15.3. The lowest BCUT2D eigenvalue weighted by Gasteiger charge is -2.35. The fourth-order valence-corrected chi connectivity index (χ4v) is 3.44. The normalized spacial score (nSPS) is 14.7. The van der Waals surface area contributed by atoms with Crippen LogP contribution in [0.2, 0.25) is 0 Å². The Morgan fingerprint density at radius 3 is 1.88 bits per heavy atom. The Balaban J connectivity index is 1.73. The number of aromatic nitrogens is 1. The Hall–Kier alpha value is -2.56. The van der Waals surface area contributed by atoms with Crippen LogP contribution in [0.4, 0.5) is 0 Å². The van der Waals surface area contributed by atoms with Crippen LogP contribution in [0.25, 0.3) is 0 Å². The van der Waals surface area contributed by atoms with Gasteiger partial charge in [-0.25, -0.2) is 0 Å². The number of piperazine rings is 1. The first-order chi connectivity index (χ1) is 11.9. The second-order valence-electron chi connectivity index (χ2n) is 6.80. The summed E-state index contributed by atoms with van der Waals surface area (Å²) in [6, 6.07) is 5.73. The number of hydrogen-bond acceptors (Lipinski definition) is 2. The van der Waals surface area contributed by atoms with Gasteiger partial charge in [-0.1, -0.05) is 6.07 Å². The second-order valence-corrected chi connectivity index (χ2v) is 6.80. The van der Waals surface area contributed by atoms with Crippen LogP contribution in [-0.2, 0) is 0 Å². The molecule has 1 aromatic heterocycles. The lowest BCUT2D eigenvalue weighted by Crippen LogP contribution is -2.50. The molecule has 1 aromatic carbocycles. The largest absolute Gasteiger partial charge is 0.357 e. The van der Waals surface area contributed by atoms with E-state index in [9.17, 15) is 9.59 Å². The van der Waals surface area contributed by atoms with E-state index in [1.807, 2.05) is 38.7 Å². The molecular weight excluding hydrogens is 314 g/mol. The van der Waals surface area contributed by atoms with E-state index >= 15 is 0 Å². The Morgan fingerprint density at radius 1 is 0.880 bits per heavy atom. The Kier molecular flexibility index (Phi) is 4.66. The number of nitrogens with one attached hydrogen (secondary N) is 1. The molecule has 1 N–H and O–H groups in total. The third kappa shape index (κ3) is 3.18. The SMILES string of the molecule is Cc1cc(C)c(C)c(C(=O)N2CCN(C(=O)c3ccc[nH]3)CC2)c1C. The Bertz CT molecular complexity index is 775. The number of nitrogens with zero attached hydrogens (tertiary/aromatic N) is 2. The molecule has 0 aliphatic carbocycles. The summed E-state index contributed by atoms with van der Waals surface area (Å²) < 4.78 is 0. The van der Waals surface area contributed by atoms with Crippen LogP contribution >= 0.6 is 0 Å². The fraction of sp³-hybridized carbons (Fsp3) is 0.400. The molecule has 1 aliphatic rings. The summed E-state index contributed by atoms with van der Waals surface area (Å²) in [4.78, 5) is 32.1. The Morgan fingerprint density at radius 2 is 1.40 bits per heavy atom. The van der Waals surface area contributed by atoms with Crippen molar-refractivity contribution in [1.82, 2.24) is 14.8 Å². The average Bonchev–Trinajstić information content (AvgIpc) is 3.14. The number of carbonyl (C=O) groups excluding carboxylic acids is 2. The van der Waals surface area contributed by atoms with Gasteiger partial charge in [0.25, 0.3) is 11.8 Å². The maximum absolute atomic E-state index is 13.1. The predicted octanol–water partition coefficient (Wildman–Crippen LogP) is 2.85. The molecule has 0 atom stereocenters. The quantitative estimate of drug-likeness (QED) is 0.915. The zero-order valence-corrected chi connectivity index (χ0v) is 15.3. The van der Waals surface area contributed by atoms with Crippen LogP contribution in [-0.4, -0.2) is 52.8 Å². The van der Waals surface area contributed by atoms with Crippen molar-refractivity contribution in [1.29, 1.82) is 0 Å². The van der Waals surface area contributed by atoms with E-state index in [-0.39, 0.29) is 11.8 Å². The molecule has 0 spiro atoms. The van der Waals surface area contributed by atoms with Crippen molar-refractivity contribution < 1.29 is 9.59 Å². The lowest BCUT2D eigenvalue weighted by molar-refractivity contribution is 0.0531. The minimum Gasteiger partial charge on any atom is -0.357 e. The molecule has 5 nitrogen and oxygen atoms in total. The molecule has 25 heavy (non-hydrogen) atoms. The average molecular weight is 339 g/mol. The number of aryl methyl sites for hydroxylation is 2. The number of hydrogen-bond donors (Lipinski definition) is 1. The molecule has 0 unspecified atom stereocenters. The molecule has 0 saturated carbocycles.